The van der Waals surface area contributed by atoms with E-state index in [4.69, 9.17) is 9.97 Å². The van der Waals surface area contributed by atoms with E-state index in [1.165, 1.54) is 63.9 Å². The molecule has 1 aliphatic rings. The molecule has 0 saturated heterocycles. The molecule has 0 bridgehead atoms. The number of rotatable bonds is 4. The molecule has 0 fully saturated rings. The molecule has 0 N–H and O–H groups in total. The number of nitrogens with zero attached hydrogens (tertiary/aromatic N) is 3. The van der Waals surface area contributed by atoms with E-state index in [0.29, 0.717) is 0 Å². The second-order valence-electron chi connectivity index (χ2n) is 13.6. The Morgan fingerprint density at radius 2 is 1.23 bits per heavy atom. The smallest absolute Gasteiger partial charge is 0.160 e. The molecular formula is C48H31N3S. The highest BCUT2D eigenvalue weighted by Gasteiger charge is 2.26. The van der Waals surface area contributed by atoms with Crippen LogP contribution in [0.5, 0.6) is 0 Å². The summed E-state index contributed by atoms with van der Waals surface area (Å²) in [6, 6.07) is 54.2. The first-order chi connectivity index (χ1) is 25.8. The zero-order valence-corrected chi connectivity index (χ0v) is 29.1. The van der Waals surface area contributed by atoms with Crippen molar-refractivity contribution in [3.05, 3.63) is 169 Å². The minimum absolute atomic E-state index is 0.723. The fourth-order valence-corrected chi connectivity index (χ4v) is 9.58. The topological polar surface area (TPSA) is 30.7 Å². The molecule has 0 atom stereocenters. The highest BCUT2D eigenvalue weighted by atomic mass is 32.1. The van der Waals surface area contributed by atoms with Crippen LogP contribution in [-0.2, 0) is 6.42 Å². The lowest BCUT2D eigenvalue weighted by molar-refractivity contribution is 1.00. The molecule has 10 aromatic rings. The van der Waals surface area contributed by atoms with Gasteiger partial charge in [-0.15, -0.1) is 11.3 Å². The Bertz CT molecular complexity index is 2990. The summed E-state index contributed by atoms with van der Waals surface area (Å²) in [5, 5.41) is 8.04. The van der Waals surface area contributed by atoms with Gasteiger partial charge in [0.2, 0.25) is 0 Å². The number of hydrogen-bond donors (Lipinski definition) is 0. The van der Waals surface area contributed by atoms with E-state index in [0.717, 1.165) is 52.4 Å². The van der Waals surface area contributed by atoms with E-state index >= 15 is 0 Å². The summed E-state index contributed by atoms with van der Waals surface area (Å²) in [5.74, 6) is 0.723. The van der Waals surface area contributed by atoms with E-state index in [9.17, 15) is 0 Å². The van der Waals surface area contributed by atoms with E-state index in [2.05, 4.69) is 144 Å². The molecule has 3 aromatic heterocycles. The molecule has 0 spiro atoms. The van der Waals surface area contributed by atoms with Crippen molar-refractivity contribution in [1.29, 1.82) is 0 Å². The number of fused-ring (bicyclic) bond motifs is 12. The molecule has 0 unspecified atom stereocenters. The maximum absolute atomic E-state index is 5.12. The third-order valence-electron chi connectivity index (χ3n) is 10.7. The number of allylic oxidation sites excluding steroid dienone is 1. The molecule has 4 heteroatoms. The summed E-state index contributed by atoms with van der Waals surface area (Å²) in [5.41, 5.74) is 11.5. The standard InChI is InChI=1S/C48H31N3S/c1-3-14-31(15-4-1)39-29-40(50-48(49-39)33-16-5-2-6-17-33)32-23-26-34(27-24-32)51-41-28-25-30-13-7-8-18-35(30)44(41)45-37-20-10-9-19-36(37)43-38-21-11-12-22-42(38)52-47(43)46(45)51/h1-9,11-19,21-29H,10,20H2. The number of hydrogen-bond acceptors (Lipinski definition) is 3. The van der Waals surface area contributed by atoms with Gasteiger partial charge in [-0.3, -0.25) is 0 Å². The summed E-state index contributed by atoms with van der Waals surface area (Å²) >= 11 is 1.92. The summed E-state index contributed by atoms with van der Waals surface area (Å²) in [6.07, 6.45) is 6.83. The highest BCUT2D eigenvalue weighted by Crippen LogP contribution is 2.49. The van der Waals surface area contributed by atoms with Crippen LogP contribution in [0.1, 0.15) is 17.5 Å². The van der Waals surface area contributed by atoms with E-state index in [1.807, 2.05) is 35.6 Å². The van der Waals surface area contributed by atoms with Crippen LogP contribution in [0.4, 0.5) is 0 Å². The summed E-state index contributed by atoms with van der Waals surface area (Å²) < 4.78 is 5.21. The largest absolute Gasteiger partial charge is 0.308 e. The van der Waals surface area contributed by atoms with Crippen molar-refractivity contribution in [3.8, 4) is 39.6 Å². The first-order valence-corrected chi connectivity index (χ1v) is 18.7. The van der Waals surface area contributed by atoms with Gasteiger partial charge in [0.25, 0.3) is 0 Å². The van der Waals surface area contributed by atoms with Crippen LogP contribution in [0.15, 0.2) is 158 Å². The molecule has 244 valence electrons. The summed E-state index contributed by atoms with van der Waals surface area (Å²) in [6.45, 7) is 0. The monoisotopic (exact) mass is 681 g/mol. The molecule has 0 saturated carbocycles. The number of thiophene rings is 1. The van der Waals surface area contributed by atoms with Gasteiger partial charge in [-0.2, -0.15) is 0 Å². The quantitative estimate of drug-likeness (QED) is 0.185. The maximum atomic E-state index is 5.12. The lowest BCUT2D eigenvalue weighted by atomic mass is 9.88. The van der Waals surface area contributed by atoms with Crippen molar-refractivity contribution >= 4 is 70.2 Å². The first-order valence-electron chi connectivity index (χ1n) is 17.9. The van der Waals surface area contributed by atoms with Crippen molar-refractivity contribution in [2.75, 3.05) is 0 Å². The van der Waals surface area contributed by atoms with Gasteiger partial charge in [-0.25, -0.2) is 9.97 Å². The minimum Gasteiger partial charge on any atom is -0.308 e. The molecule has 0 aliphatic heterocycles. The lowest BCUT2D eigenvalue weighted by Gasteiger charge is -2.16. The third-order valence-corrected chi connectivity index (χ3v) is 11.8. The Morgan fingerprint density at radius 1 is 0.558 bits per heavy atom. The molecule has 3 heterocycles. The van der Waals surface area contributed by atoms with E-state index in [-0.39, 0.29) is 0 Å². The van der Waals surface area contributed by atoms with Gasteiger partial charge in [0.15, 0.2) is 5.82 Å². The zero-order valence-electron chi connectivity index (χ0n) is 28.3. The minimum atomic E-state index is 0.723. The molecular weight excluding hydrogens is 651 g/mol. The molecule has 3 nitrogen and oxygen atoms in total. The van der Waals surface area contributed by atoms with Crippen LogP contribution in [0.2, 0.25) is 0 Å². The van der Waals surface area contributed by atoms with Crippen LogP contribution in [0.3, 0.4) is 0 Å². The van der Waals surface area contributed by atoms with Crippen LogP contribution in [0, 0.1) is 0 Å². The van der Waals surface area contributed by atoms with Crippen molar-refractivity contribution in [2.45, 2.75) is 12.8 Å². The lowest BCUT2D eigenvalue weighted by Crippen LogP contribution is -1.99. The van der Waals surface area contributed by atoms with Crippen LogP contribution in [0.25, 0.3) is 98.4 Å². The second kappa shape index (κ2) is 11.6. The van der Waals surface area contributed by atoms with Gasteiger partial charge >= 0.3 is 0 Å². The van der Waals surface area contributed by atoms with Crippen molar-refractivity contribution in [3.63, 3.8) is 0 Å². The Kier molecular flexibility index (Phi) is 6.55. The van der Waals surface area contributed by atoms with Crippen LogP contribution < -0.4 is 0 Å². The molecule has 52 heavy (non-hydrogen) atoms. The van der Waals surface area contributed by atoms with Crippen LogP contribution in [-0.4, -0.2) is 14.5 Å². The molecule has 0 amide bonds. The number of aromatic nitrogens is 3. The van der Waals surface area contributed by atoms with Gasteiger partial charge < -0.3 is 4.57 Å². The first kappa shape index (κ1) is 29.4. The predicted molar refractivity (Wildman–Crippen MR) is 220 cm³/mol. The van der Waals surface area contributed by atoms with Gasteiger partial charge in [-0.05, 0) is 65.1 Å². The molecule has 0 radical (unpaired) electrons. The Morgan fingerprint density at radius 3 is 2.02 bits per heavy atom. The number of aryl methyl sites for hydroxylation is 1. The fraction of sp³-hybridized carbons (Fsp3) is 0.0417. The normalized spacial score (nSPS) is 12.8. The zero-order chi connectivity index (χ0) is 34.2. The van der Waals surface area contributed by atoms with Gasteiger partial charge in [0, 0.05) is 48.6 Å². The van der Waals surface area contributed by atoms with Crippen molar-refractivity contribution in [2.24, 2.45) is 0 Å². The van der Waals surface area contributed by atoms with Crippen LogP contribution >= 0.6 is 11.3 Å². The molecule has 7 aromatic carbocycles. The Labute approximate surface area is 304 Å². The summed E-state index contributed by atoms with van der Waals surface area (Å²) in [7, 11) is 0. The Hall–Kier alpha value is -6.36. The average molecular weight is 682 g/mol. The second-order valence-corrected chi connectivity index (χ2v) is 14.7. The number of benzene rings is 7. The van der Waals surface area contributed by atoms with Gasteiger partial charge in [-0.1, -0.05) is 133 Å². The van der Waals surface area contributed by atoms with Crippen molar-refractivity contribution in [1.82, 2.24) is 14.5 Å². The Balaban J connectivity index is 1.18. The fourth-order valence-electron chi connectivity index (χ4n) is 8.32. The highest BCUT2D eigenvalue weighted by molar-refractivity contribution is 7.26. The predicted octanol–water partition coefficient (Wildman–Crippen LogP) is 13.1. The molecule has 1 aliphatic carbocycles. The van der Waals surface area contributed by atoms with Gasteiger partial charge in [0.05, 0.1) is 27.1 Å². The SMILES string of the molecule is C1=Cc2c(c3c4c5ccccc5ccc4n(-c4ccc(-c5cc(-c6ccccc6)nc(-c6ccccc6)n5)cc4)c3c3sc4ccccc4c23)CC1. The van der Waals surface area contributed by atoms with Crippen molar-refractivity contribution < 1.29 is 0 Å². The molecule has 11 rings (SSSR count). The third kappa shape index (κ3) is 4.44. The van der Waals surface area contributed by atoms with Gasteiger partial charge in [0.1, 0.15) is 0 Å². The van der Waals surface area contributed by atoms with E-state index < -0.39 is 0 Å². The average Bonchev–Trinajstić information content (AvgIpc) is 3.79. The maximum Gasteiger partial charge on any atom is 0.160 e. The van der Waals surface area contributed by atoms with E-state index in [1.54, 1.807) is 0 Å². The summed E-state index contributed by atoms with van der Waals surface area (Å²) in [4.78, 5) is 10.1.